The maximum atomic E-state index is 8.97. The van der Waals surface area contributed by atoms with Crippen LogP contribution in [0.3, 0.4) is 0 Å². The van der Waals surface area contributed by atoms with Gasteiger partial charge < -0.3 is 10.0 Å². The van der Waals surface area contributed by atoms with Gasteiger partial charge in [-0.2, -0.15) is 0 Å². The molecular weight excluding hydrogens is 198 g/mol. The first kappa shape index (κ1) is 12.4. The molecule has 2 saturated carbocycles. The van der Waals surface area contributed by atoms with Crippen LogP contribution in [0.5, 0.6) is 0 Å². The van der Waals surface area contributed by atoms with Crippen molar-refractivity contribution in [2.45, 2.75) is 63.8 Å². The third-order valence-electron chi connectivity index (χ3n) is 4.41. The summed E-state index contributed by atoms with van der Waals surface area (Å²) in [5.74, 6) is 0.952. The summed E-state index contributed by atoms with van der Waals surface area (Å²) in [6.45, 7) is 2.79. The molecule has 2 nitrogen and oxygen atoms in total. The Balaban J connectivity index is 1.75. The fourth-order valence-corrected chi connectivity index (χ4v) is 3.15. The molecule has 16 heavy (non-hydrogen) atoms. The lowest BCUT2D eigenvalue weighted by atomic mass is 9.86. The third kappa shape index (κ3) is 3.46. The molecule has 0 radical (unpaired) electrons. The molecule has 0 atom stereocenters. The fourth-order valence-electron chi connectivity index (χ4n) is 3.15. The highest BCUT2D eigenvalue weighted by molar-refractivity contribution is 4.82. The van der Waals surface area contributed by atoms with E-state index >= 15 is 0 Å². The second kappa shape index (κ2) is 6.61. The van der Waals surface area contributed by atoms with Gasteiger partial charge in [0, 0.05) is 25.7 Å². The van der Waals surface area contributed by atoms with Crippen molar-refractivity contribution in [3.8, 4) is 0 Å². The van der Waals surface area contributed by atoms with E-state index in [1.54, 1.807) is 0 Å². The predicted octanol–water partition coefficient (Wildman–Crippen LogP) is 2.80. The summed E-state index contributed by atoms with van der Waals surface area (Å²) in [7, 11) is 0. The minimum atomic E-state index is 0.355. The first-order valence-electron chi connectivity index (χ1n) is 7.25. The van der Waals surface area contributed by atoms with Crippen molar-refractivity contribution < 1.29 is 5.11 Å². The van der Waals surface area contributed by atoms with Gasteiger partial charge in [-0.25, -0.2) is 0 Å². The van der Waals surface area contributed by atoms with Crippen LogP contribution in [0, 0.1) is 5.92 Å². The normalized spacial score (nSPS) is 23.6. The van der Waals surface area contributed by atoms with Gasteiger partial charge in [-0.3, -0.25) is 0 Å². The van der Waals surface area contributed by atoms with Crippen molar-refractivity contribution in [2.75, 3.05) is 19.7 Å². The van der Waals surface area contributed by atoms with Crippen LogP contribution in [0.15, 0.2) is 0 Å². The number of hydrogen-bond donors (Lipinski definition) is 1. The SMILES string of the molecule is OCCCN(CC1CCCCC1)C1CCC1. The molecule has 94 valence electrons. The summed E-state index contributed by atoms with van der Waals surface area (Å²) in [5, 5.41) is 8.97. The second-order valence-corrected chi connectivity index (χ2v) is 5.66. The van der Waals surface area contributed by atoms with E-state index in [4.69, 9.17) is 5.11 Å². The summed E-state index contributed by atoms with van der Waals surface area (Å²) >= 11 is 0. The molecule has 0 heterocycles. The molecule has 0 aliphatic heterocycles. The van der Waals surface area contributed by atoms with Gasteiger partial charge in [0.1, 0.15) is 0 Å². The summed E-state index contributed by atoms with van der Waals surface area (Å²) < 4.78 is 0. The standard InChI is InChI=1S/C14H27NO/c16-11-5-10-15(14-8-4-9-14)12-13-6-2-1-3-7-13/h13-14,16H,1-12H2. The van der Waals surface area contributed by atoms with Crippen molar-refractivity contribution in [1.82, 2.24) is 4.90 Å². The minimum Gasteiger partial charge on any atom is -0.396 e. The number of hydrogen-bond acceptors (Lipinski definition) is 2. The van der Waals surface area contributed by atoms with E-state index in [1.807, 2.05) is 0 Å². The molecule has 0 aromatic carbocycles. The number of aliphatic hydroxyl groups excluding tert-OH is 1. The maximum absolute atomic E-state index is 8.97. The van der Waals surface area contributed by atoms with E-state index < -0.39 is 0 Å². The summed E-state index contributed by atoms with van der Waals surface area (Å²) in [6.07, 6.45) is 12.4. The zero-order valence-electron chi connectivity index (χ0n) is 10.5. The molecule has 0 bridgehead atoms. The number of nitrogens with zero attached hydrogens (tertiary/aromatic N) is 1. The molecule has 2 aliphatic rings. The smallest absolute Gasteiger partial charge is 0.0443 e. The average molecular weight is 225 g/mol. The first-order valence-corrected chi connectivity index (χ1v) is 7.25. The minimum absolute atomic E-state index is 0.355. The Morgan fingerprint density at radius 3 is 2.25 bits per heavy atom. The largest absolute Gasteiger partial charge is 0.396 e. The van der Waals surface area contributed by atoms with E-state index in [9.17, 15) is 0 Å². The quantitative estimate of drug-likeness (QED) is 0.751. The van der Waals surface area contributed by atoms with E-state index in [0.717, 1.165) is 24.9 Å². The highest BCUT2D eigenvalue weighted by Gasteiger charge is 2.26. The lowest BCUT2D eigenvalue weighted by molar-refractivity contribution is 0.0896. The third-order valence-corrected chi connectivity index (χ3v) is 4.41. The van der Waals surface area contributed by atoms with E-state index in [0.29, 0.717) is 6.61 Å². The van der Waals surface area contributed by atoms with Gasteiger partial charge in [-0.1, -0.05) is 25.7 Å². The van der Waals surface area contributed by atoms with Crippen molar-refractivity contribution in [1.29, 1.82) is 0 Å². The maximum Gasteiger partial charge on any atom is 0.0443 e. The number of aliphatic hydroxyl groups is 1. The molecule has 0 amide bonds. The Kier molecular flexibility index (Phi) is 5.11. The summed E-state index contributed by atoms with van der Waals surface area (Å²) in [6, 6.07) is 0.855. The van der Waals surface area contributed by atoms with Crippen LogP contribution >= 0.6 is 0 Å². The van der Waals surface area contributed by atoms with Crippen molar-refractivity contribution in [3.05, 3.63) is 0 Å². The molecule has 0 aromatic rings. The highest BCUT2D eigenvalue weighted by Crippen LogP contribution is 2.29. The molecule has 2 aliphatic carbocycles. The molecule has 0 spiro atoms. The topological polar surface area (TPSA) is 23.5 Å². The van der Waals surface area contributed by atoms with Crippen LogP contribution < -0.4 is 0 Å². The van der Waals surface area contributed by atoms with Crippen LogP contribution in [0.4, 0.5) is 0 Å². The van der Waals surface area contributed by atoms with Crippen LogP contribution in [-0.4, -0.2) is 35.7 Å². The van der Waals surface area contributed by atoms with Crippen LogP contribution in [0.25, 0.3) is 0 Å². The zero-order valence-corrected chi connectivity index (χ0v) is 10.5. The zero-order chi connectivity index (χ0) is 11.2. The lowest BCUT2D eigenvalue weighted by Gasteiger charge is -2.40. The summed E-state index contributed by atoms with van der Waals surface area (Å²) in [4.78, 5) is 2.68. The van der Waals surface area contributed by atoms with Crippen LogP contribution in [-0.2, 0) is 0 Å². The highest BCUT2D eigenvalue weighted by atomic mass is 16.3. The van der Waals surface area contributed by atoms with Gasteiger partial charge in [0.2, 0.25) is 0 Å². The number of rotatable bonds is 6. The van der Waals surface area contributed by atoms with E-state index in [-0.39, 0.29) is 0 Å². The Morgan fingerprint density at radius 1 is 0.938 bits per heavy atom. The monoisotopic (exact) mass is 225 g/mol. The second-order valence-electron chi connectivity index (χ2n) is 5.66. The molecule has 2 rings (SSSR count). The lowest BCUT2D eigenvalue weighted by Crippen LogP contribution is -2.43. The molecule has 0 unspecified atom stereocenters. The van der Waals surface area contributed by atoms with Crippen molar-refractivity contribution >= 4 is 0 Å². The first-order chi connectivity index (χ1) is 7.90. The van der Waals surface area contributed by atoms with E-state index in [1.165, 1.54) is 57.9 Å². The molecule has 1 N–H and O–H groups in total. The molecule has 2 fully saturated rings. The van der Waals surface area contributed by atoms with Crippen LogP contribution in [0.1, 0.15) is 57.8 Å². The van der Waals surface area contributed by atoms with Gasteiger partial charge >= 0.3 is 0 Å². The summed E-state index contributed by atoms with van der Waals surface area (Å²) in [5.41, 5.74) is 0. The average Bonchev–Trinajstić information content (AvgIpc) is 2.25. The fraction of sp³-hybridized carbons (Fsp3) is 1.00. The molecule has 0 aromatic heterocycles. The predicted molar refractivity (Wildman–Crippen MR) is 67.5 cm³/mol. The van der Waals surface area contributed by atoms with Gasteiger partial charge in [0.25, 0.3) is 0 Å². The Bertz CT molecular complexity index is 185. The van der Waals surface area contributed by atoms with E-state index in [2.05, 4.69) is 4.90 Å². The Labute approximate surface area is 100 Å². The van der Waals surface area contributed by atoms with Crippen LogP contribution in [0.2, 0.25) is 0 Å². The van der Waals surface area contributed by atoms with Gasteiger partial charge in [-0.05, 0) is 38.0 Å². The van der Waals surface area contributed by atoms with Crippen molar-refractivity contribution in [2.24, 2.45) is 5.92 Å². The van der Waals surface area contributed by atoms with Gasteiger partial charge in [0.05, 0.1) is 0 Å². The van der Waals surface area contributed by atoms with Crippen molar-refractivity contribution in [3.63, 3.8) is 0 Å². The Hall–Kier alpha value is -0.0800. The molecule has 0 saturated heterocycles. The van der Waals surface area contributed by atoms with Gasteiger partial charge in [-0.15, -0.1) is 0 Å². The Morgan fingerprint density at radius 2 is 1.69 bits per heavy atom. The molecule has 2 heteroatoms. The van der Waals surface area contributed by atoms with Gasteiger partial charge in [0.15, 0.2) is 0 Å². The molecular formula is C14H27NO.